The Morgan fingerprint density at radius 2 is 1.42 bits per heavy atom. The number of ether oxygens (including phenoxy) is 3. The molecule has 0 atom stereocenters. The van der Waals surface area contributed by atoms with Crippen molar-refractivity contribution >= 4 is 28.9 Å². The quantitative estimate of drug-likeness (QED) is 0.691. The summed E-state index contributed by atoms with van der Waals surface area (Å²) in [6.45, 7) is 1.29. The molecular formula is C13H19Cl2NO3. The SMILES string of the molecule is COc1ccc(OC)c(N(CCCl)CCCl)c1OC. The van der Waals surface area contributed by atoms with Crippen molar-refractivity contribution in [3.05, 3.63) is 12.1 Å². The van der Waals surface area contributed by atoms with E-state index in [-0.39, 0.29) is 0 Å². The molecule has 0 aliphatic heterocycles. The molecule has 0 heterocycles. The van der Waals surface area contributed by atoms with Gasteiger partial charge in [0, 0.05) is 24.8 Å². The van der Waals surface area contributed by atoms with Crippen LogP contribution in [0.2, 0.25) is 0 Å². The zero-order chi connectivity index (χ0) is 14.3. The third-order valence-electron chi connectivity index (χ3n) is 2.73. The summed E-state index contributed by atoms with van der Waals surface area (Å²) in [5.74, 6) is 2.94. The summed E-state index contributed by atoms with van der Waals surface area (Å²) in [5, 5.41) is 0. The van der Waals surface area contributed by atoms with Crippen molar-refractivity contribution in [3.63, 3.8) is 0 Å². The summed E-state index contributed by atoms with van der Waals surface area (Å²) in [7, 11) is 4.81. The topological polar surface area (TPSA) is 30.9 Å². The van der Waals surface area contributed by atoms with E-state index in [1.165, 1.54) is 0 Å². The summed E-state index contributed by atoms with van der Waals surface area (Å²) in [4.78, 5) is 2.03. The molecule has 0 fully saturated rings. The van der Waals surface area contributed by atoms with Crippen LogP contribution in [0.1, 0.15) is 0 Å². The summed E-state index contributed by atoms with van der Waals surface area (Å²) < 4.78 is 16.2. The van der Waals surface area contributed by atoms with Gasteiger partial charge in [-0.05, 0) is 12.1 Å². The number of nitrogens with zero attached hydrogens (tertiary/aromatic N) is 1. The van der Waals surface area contributed by atoms with E-state index in [0.717, 1.165) is 5.69 Å². The molecular weight excluding hydrogens is 289 g/mol. The Bertz CT molecular complexity index is 396. The van der Waals surface area contributed by atoms with Crippen molar-refractivity contribution in [1.29, 1.82) is 0 Å². The number of methoxy groups -OCH3 is 3. The molecule has 4 nitrogen and oxygen atoms in total. The van der Waals surface area contributed by atoms with Crippen molar-refractivity contribution in [2.45, 2.75) is 0 Å². The number of hydrogen-bond acceptors (Lipinski definition) is 4. The van der Waals surface area contributed by atoms with Gasteiger partial charge in [-0.3, -0.25) is 0 Å². The van der Waals surface area contributed by atoms with Crippen LogP contribution in [0.5, 0.6) is 17.2 Å². The lowest BCUT2D eigenvalue weighted by atomic mass is 10.2. The second kappa shape index (κ2) is 8.23. The molecule has 1 aromatic carbocycles. The third kappa shape index (κ3) is 3.74. The van der Waals surface area contributed by atoms with Crippen molar-refractivity contribution < 1.29 is 14.2 Å². The van der Waals surface area contributed by atoms with Crippen LogP contribution >= 0.6 is 23.2 Å². The van der Waals surface area contributed by atoms with Gasteiger partial charge < -0.3 is 19.1 Å². The van der Waals surface area contributed by atoms with Crippen LogP contribution in [0.4, 0.5) is 5.69 Å². The average Bonchev–Trinajstić information content (AvgIpc) is 2.45. The zero-order valence-corrected chi connectivity index (χ0v) is 12.9. The van der Waals surface area contributed by atoms with E-state index in [0.29, 0.717) is 42.1 Å². The van der Waals surface area contributed by atoms with Crippen LogP contribution in [0.15, 0.2) is 12.1 Å². The second-order valence-electron chi connectivity index (χ2n) is 3.72. The number of alkyl halides is 2. The third-order valence-corrected chi connectivity index (χ3v) is 3.07. The first-order valence-corrected chi connectivity index (χ1v) is 6.96. The lowest BCUT2D eigenvalue weighted by Crippen LogP contribution is -2.28. The Kier molecular flexibility index (Phi) is 6.95. The lowest BCUT2D eigenvalue weighted by molar-refractivity contribution is 0.349. The predicted octanol–water partition coefficient (Wildman–Crippen LogP) is 3.00. The van der Waals surface area contributed by atoms with E-state index in [1.54, 1.807) is 27.4 Å². The molecule has 6 heteroatoms. The van der Waals surface area contributed by atoms with E-state index >= 15 is 0 Å². The van der Waals surface area contributed by atoms with Crippen LogP contribution in [0.3, 0.4) is 0 Å². The predicted molar refractivity (Wildman–Crippen MR) is 79.8 cm³/mol. The standard InChI is InChI=1S/C13H19Cl2NO3/c1-17-10-4-5-11(18-2)13(19-3)12(10)16(8-6-14)9-7-15/h4-5H,6-9H2,1-3H3. The van der Waals surface area contributed by atoms with E-state index in [1.807, 2.05) is 11.0 Å². The summed E-state index contributed by atoms with van der Waals surface area (Å²) in [6, 6.07) is 3.65. The summed E-state index contributed by atoms with van der Waals surface area (Å²) in [6.07, 6.45) is 0. The minimum absolute atomic E-state index is 0.487. The van der Waals surface area contributed by atoms with Crippen molar-refractivity contribution in [2.75, 3.05) is 51.1 Å². The number of rotatable bonds is 8. The van der Waals surface area contributed by atoms with Gasteiger partial charge in [0.25, 0.3) is 0 Å². The minimum atomic E-state index is 0.487. The molecule has 0 amide bonds. The number of anilines is 1. The summed E-state index contributed by atoms with van der Waals surface area (Å²) >= 11 is 11.7. The Morgan fingerprint density at radius 3 is 1.84 bits per heavy atom. The fraction of sp³-hybridized carbons (Fsp3) is 0.538. The number of hydrogen-bond donors (Lipinski definition) is 0. The largest absolute Gasteiger partial charge is 0.494 e. The van der Waals surface area contributed by atoms with Gasteiger partial charge >= 0.3 is 0 Å². The molecule has 0 spiro atoms. The normalized spacial score (nSPS) is 10.2. The second-order valence-corrected chi connectivity index (χ2v) is 4.47. The van der Waals surface area contributed by atoms with E-state index < -0.39 is 0 Å². The smallest absolute Gasteiger partial charge is 0.188 e. The van der Waals surface area contributed by atoms with Gasteiger partial charge in [0.1, 0.15) is 11.4 Å². The molecule has 0 aromatic heterocycles. The fourth-order valence-electron chi connectivity index (χ4n) is 1.90. The Morgan fingerprint density at radius 1 is 0.895 bits per heavy atom. The molecule has 0 saturated heterocycles. The molecule has 0 aliphatic rings. The van der Waals surface area contributed by atoms with Crippen molar-refractivity contribution in [3.8, 4) is 17.2 Å². The highest BCUT2D eigenvalue weighted by Crippen LogP contribution is 2.44. The van der Waals surface area contributed by atoms with Gasteiger partial charge in [0.15, 0.2) is 11.5 Å². The first-order chi connectivity index (χ1) is 9.23. The fourth-order valence-corrected chi connectivity index (χ4v) is 2.30. The Labute approximate surface area is 124 Å². The van der Waals surface area contributed by atoms with Gasteiger partial charge in [-0.25, -0.2) is 0 Å². The molecule has 0 N–H and O–H groups in total. The van der Waals surface area contributed by atoms with Crippen LogP contribution < -0.4 is 19.1 Å². The highest BCUT2D eigenvalue weighted by atomic mass is 35.5. The monoisotopic (exact) mass is 307 g/mol. The van der Waals surface area contributed by atoms with Gasteiger partial charge in [-0.1, -0.05) is 0 Å². The van der Waals surface area contributed by atoms with Crippen LogP contribution in [0, 0.1) is 0 Å². The zero-order valence-electron chi connectivity index (χ0n) is 11.4. The first-order valence-electron chi connectivity index (χ1n) is 5.89. The first kappa shape index (κ1) is 16.1. The van der Waals surface area contributed by atoms with Crippen LogP contribution in [-0.4, -0.2) is 46.2 Å². The highest BCUT2D eigenvalue weighted by molar-refractivity contribution is 6.18. The van der Waals surface area contributed by atoms with Gasteiger partial charge in [-0.2, -0.15) is 0 Å². The van der Waals surface area contributed by atoms with E-state index in [4.69, 9.17) is 37.4 Å². The van der Waals surface area contributed by atoms with Crippen LogP contribution in [-0.2, 0) is 0 Å². The minimum Gasteiger partial charge on any atom is -0.494 e. The highest BCUT2D eigenvalue weighted by Gasteiger charge is 2.21. The van der Waals surface area contributed by atoms with E-state index in [2.05, 4.69) is 0 Å². The van der Waals surface area contributed by atoms with Crippen molar-refractivity contribution in [1.82, 2.24) is 0 Å². The number of benzene rings is 1. The maximum Gasteiger partial charge on any atom is 0.188 e. The lowest BCUT2D eigenvalue weighted by Gasteiger charge is -2.27. The maximum atomic E-state index is 5.85. The molecule has 1 rings (SSSR count). The van der Waals surface area contributed by atoms with Gasteiger partial charge in [0.2, 0.25) is 0 Å². The molecule has 0 aliphatic carbocycles. The Hall–Kier alpha value is -1.00. The Balaban J connectivity index is 3.32. The average molecular weight is 308 g/mol. The maximum absolute atomic E-state index is 5.85. The molecule has 0 radical (unpaired) electrons. The number of halogens is 2. The molecule has 108 valence electrons. The molecule has 1 aromatic rings. The summed E-state index contributed by atoms with van der Waals surface area (Å²) in [5.41, 5.74) is 0.811. The van der Waals surface area contributed by atoms with Crippen molar-refractivity contribution in [2.24, 2.45) is 0 Å². The van der Waals surface area contributed by atoms with Crippen LogP contribution in [0.25, 0.3) is 0 Å². The molecule has 0 unspecified atom stereocenters. The molecule has 19 heavy (non-hydrogen) atoms. The van der Waals surface area contributed by atoms with Gasteiger partial charge in [-0.15, -0.1) is 23.2 Å². The van der Waals surface area contributed by atoms with Gasteiger partial charge in [0.05, 0.1) is 21.3 Å². The molecule has 0 saturated carbocycles. The van der Waals surface area contributed by atoms with E-state index in [9.17, 15) is 0 Å². The molecule has 0 bridgehead atoms.